The molecule has 5 heterocycles. The van der Waals surface area contributed by atoms with Crippen LogP contribution >= 0.6 is 0 Å². The van der Waals surface area contributed by atoms with Crippen LogP contribution in [0.1, 0.15) is 17.3 Å². The first kappa shape index (κ1) is 15.9. The number of anilines is 1. The minimum atomic E-state index is 0.115. The molecule has 0 fully saturated rings. The Kier molecular flexibility index (Phi) is 3.98. The van der Waals surface area contributed by atoms with Crippen molar-refractivity contribution in [2.45, 2.75) is 19.2 Å². The lowest BCUT2D eigenvalue weighted by atomic mass is 10.2. The monoisotopic (exact) mass is 362 g/mol. The molecule has 0 spiro atoms. The van der Waals surface area contributed by atoms with E-state index in [-0.39, 0.29) is 6.04 Å². The van der Waals surface area contributed by atoms with Crippen LogP contribution in [0.2, 0.25) is 0 Å². The molecule has 0 N–H and O–H groups in total. The molecule has 136 valence electrons. The van der Waals surface area contributed by atoms with E-state index in [4.69, 9.17) is 4.74 Å². The van der Waals surface area contributed by atoms with E-state index >= 15 is 0 Å². The summed E-state index contributed by atoms with van der Waals surface area (Å²) in [6, 6.07) is 9.99. The van der Waals surface area contributed by atoms with Gasteiger partial charge in [0, 0.05) is 25.1 Å². The van der Waals surface area contributed by atoms with E-state index < -0.39 is 0 Å². The highest BCUT2D eigenvalue weighted by Crippen LogP contribution is 2.25. The number of ether oxygens (including phenoxy) is 1. The standard InChI is InChI=1S/C18H18N8O/c1-2-18(23-25-13-20-22-17(1)25)24-9-15-5-8-21-26(15)16(10-24)12-27-11-14-3-6-19-7-4-14/h1-8,13,16H,9-12H2. The lowest BCUT2D eigenvalue weighted by Gasteiger charge is -2.34. The van der Waals surface area contributed by atoms with Crippen LogP contribution in [-0.4, -0.2) is 47.7 Å². The highest BCUT2D eigenvalue weighted by molar-refractivity contribution is 5.46. The topological polar surface area (TPSA) is 86.3 Å². The molecule has 4 aromatic heterocycles. The molecule has 0 aliphatic carbocycles. The summed E-state index contributed by atoms with van der Waals surface area (Å²) in [5.74, 6) is 0.883. The molecule has 1 aliphatic heterocycles. The van der Waals surface area contributed by atoms with E-state index in [9.17, 15) is 0 Å². The van der Waals surface area contributed by atoms with Crippen LogP contribution < -0.4 is 4.90 Å². The molecule has 0 radical (unpaired) electrons. The Morgan fingerprint density at radius 3 is 2.93 bits per heavy atom. The molecule has 0 saturated heterocycles. The zero-order valence-electron chi connectivity index (χ0n) is 14.6. The van der Waals surface area contributed by atoms with Crippen molar-refractivity contribution in [1.82, 2.24) is 34.6 Å². The molecule has 1 unspecified atom stereocenters. The van der Waals surface area contributed by atoms with Gasteiger partial charge in [-0.15, -0.1) is 15.3 Å². The van der Waals surface area contributed by atoms with Crippen molar-refractivity contribution in [2.24, 2.45) is 0 Å². The maximum Gasteiger partial charge on any atom is 0.177 e. The summed E-state index contributed by atoms with van der Waals surface area (Å²) in [6.45, 7) is 2.65. The first-order valence-corrected chi connectivity index (χ1v) is 8.78. The largest absolute Gasteiger partial charge is 0.374 e. The van der Waals surface area contributed by atoms with Gasteiger partial charge in [0.2, 0.25) is 0 Å². The fourth-order valence-corrected chi connectivity index (χ4v) is 3.36. The molecular formula is C18H18N8O. The maximum absolute atomic E-state index is 5.97. The second kappa shape index (κ2) is 6.76. The van der Waals surface area contributed by atoms with E-state index in [0.717, 1.165) is 35.8 Å². The summed E-state index contributed by atoms with van der Waals surface area (Å²) in [4.78, 5) is 6.27. The van der Waals surface area contributed by atoms with Gasteiger partial charge in [0.15, 0.2) is 5.65 Å². The Bertz CT molecular complexity index is 1040. The zero-order valence-corrected chi connectivity index (χ0v) is 14.6. The lowest BCUT2D eigenvalue weighted by molar-refractivity contribution is 0.0838. The Hall–Kier alpha value is -3.33. The van der Waals surface area contributed by atoms with Crippen molar-refractivity contribution < 1.29 is 4.74 Å². The second-order valence-electron chi connectivity index (χ2n) is 6.50. The van der Waals surface area contributed by atoms with Gasteiger partial charge in [-0.05, 0) is 35.9 Å². The zero-order chi connectivity index (χ0) is 18.1. The van der Waals surface area contributed by atoms with Crippen molar-refractivity contribution in [1.29, 1.82) is 0 Å². The Morgan fingerprint density at radius 1 is 1.07 bits per heavy atom. The van der Waals surface area contributed by atoms with Gasteiger partial charge < -0.3 is 9.64 Å². The predicted molar refractivity (Wildman–Crippen MR) is 97.0 cm³/mol. The SMILES string of the molecule is c1cc(COCC2CN(c3ccc4nncn4n3)Cc3ccnn32)ccn1. The van der Waals surface area contributed by atoms with Gasteiger partial charge in [-0.2, -0.15) is 9.61 Å². The van der Waals surface area contributed by atoms with E-state index in [0.29, 0.717) is 13.2 Å². The van der Waals surface area contributed by atoms with Gasteiger partial charge in [-0.3, -0.25) is 9.67 Å². The summed E-state index contributed by atoms with van der Waals surface area (Å²) in [6.07, 6.45) is 7.01. The molecule has 27 heavy (non-hydrogen) atoms. The van der Waals surface area contributed by atoms with Crippen molar-refractivity contribution in [2.75, 3.05) is 18.1 Å². The van der Waals surface area contributed by atoms with E-state index in [1.165, 1.54) is 0 Å². The van der Waals surface area contributed by atoms with Crippen LogP contribution in [0, 0.1) is 0 Å². The third kappa shape index (κ3) is 3.13. The van der Waals surface area contributed by atoms with Gasteiger partial charge >= 0.3 is 0 Å². The first-order chi connectivity index (χ1) is 13.4. The molecule has 0 saturated carbocycles. The van der Waals surface area contributed by atoms with E-state index in [1.807, 2.05) is 36.5 Å². The Labute approximate surface area is 155 Å². The fraction of sp³-hybridized carbons (Fsp3) is 0.278. The number of aromatic nitrogens is 7. The molecule has 9 nitrogen and oxygen atoms in total. The van der Waals surface area contributed by atoms with Gasteiger partial charge in [0.05, 0.1) is 31.5 Å². The molecule has 4 aromatic rings. The van der Waals surface area contributed by atoms with Gasteiger partial charge in [-0.25, -0.2) is 0 Å². The minimum absolute atomic E-state index is 0.115. The molecular weight excluding hydrogens is 344 g/mol. The van der Waals surface area contributed by atoms with Crippen LogP contribution in [0.4, 0.5) is 5.82 Å². The molecule has 0 amide bonds. The maximum atomic E-state index is 5.97. The summed E-state index contributed by atoms with van der Waals surface area (Å²) < 4.78 is 9.71. The molecule has 0 aromatic carbocycles. The summed E-state index contributed by atoms with van der Waals surface area (Å²) in [7, 11) is 0. The summed E-state index contributed by atoms with van der Waals surface area (Å²) >= 11 is 0. The van der Waals surface area contributed by atoms with Gasteiger partial charge in [0.1, 0.15) is 12.1 Å². The molecule has 1 aliphatic rings. The van der Waals surface area contributed by atoms with Crippen LogP contribution in [0.15, 0.2) is 55.2 Å². The normalized spacial score (nSPS) is 16.6. The van der Waals surface area contributed by atoms with E-state index in [1.54, 1.807) is 23.2 Å². The van der Waals surface area contributed by atoms with Crippen molar-refractivity contribution in [3.63, 3.8) is 0 Å². The smallest absolute Gasteiger partial charge is 0.177 e. The van der Waals surface area contributed by atoms with Gasteiger partial charge in [0.25, 0.3) is 0 Å². The number of nitrogens with zero attached hydrogens (tertiary/aromatic N) is 8. The number of hydrogen-bond acceptors (Lipinski definition) is 7. The highest BCUT2D eigenvalue weighted by atomic mass is 16.5. The summed E-state index contributed by atoms with van der Waals surface area (Å²) in [5.41, 5.74) is 2.99. The van der Waals surface area contributed by atoms with Crippen LogP contribution in [-0.2, 0) is 17.9 Å². The first-order valence-electron chi connectivity index (χ1n) is 8.78. The predicted octanol–water partition coefficient (Wildman–Crippen LogP) is 1.49. The number of fused-ring (bicyclic) bond motifs is 2. The van der Waals surface area contributed by atoms with Crippen molar-refractivity contribution in [3.8, 4) is 0 Å². The lowest BCUT2D eigenvalue weighted by Crippen LogP contribution is -2.40. The molecule has 1 atom stereocenters. The summed E-state index contributed by atoms with van der Waals surface area (Å²) in [5, 5.41) is 17.0. The van der Waals surface area contributed by atoms with E-state index in [2.05, 4.69) is 35.0 Å². The third-order valence-corrected chi connectivity index (χ3v) is 4.68. The van der Waals surface area contributed by atoms with Gasteiger partial charge in [-0.1, -0.05) is 0 Å². The Balaban J connectivity index is 1.34. The van der Waals surface area contributed by atoms with Crippen LogP contribution in [0.25, 0.3) is 5.65 Å². The van der Waals surface area contributed by atoms with Crippen molar-refractivity contribution >= 4 is 11.5 Å². The van der Waals surface area contributed by atoms with Crippen LogP contribution in [0.3, 0.4) is 0 Å². The number of hydrogen-bond donors (Lipinski definition) is 0. The fourth-order valence-electron chi connectivity index (χ4n) is 3.36. The highest BCUT2D eigenvalue weighted by Gasteiger charge is 2.27. The number of pyridine rings is 1. The second-order valence-corrected chi connectivity index (χ2v) is 6.50. The Morgan fingerprint density at radius 2 is 2.00 bits per heavy atom. The molecule has 5 rings (SSSR count). The number of rotatable bonds is 5. The van der Waals surface area contributed by atoms with Crippen molar-refractivity contribution in [3.05, 3.63) is 66.5 Å². The molecule has 0 bridgehead atoms. The minimum Gasteiger partial charge on any atom is -0.374 e. The average molecular weight is 362 g/mol. The average Bonchev–Trinajstić information content (AvgIpc) is 3.37. The quantitative estimate of drug-likeness (QED) is 0.532. The van der Waals surface area contributed by atoms with Crippen LogP contribution in [0.5, 0.6) is 0 Å². The third-order valence-electron chi connectivity index (χ3n) is 4.68. The molecule has 9 heteroatoms.